The van der Waals surface area contributed by atoms with Gasteiger partial charge in [0.1, 0.15) is 0 Å². The SMILES string of the molecule is CC(=O)c1cc(Br)cc(C(C)(C)C)c1. The molecule has 0 bridgehead atoms. The van der Waals surface area contributed by atoms with Gasteiger partial charge in [-0.3, -0.25) is 4.79 Å². The first-order chi connectivity index (χ1) is 6.30. The Bertz CT molecular complexity index is 361. The summed E-state index contributed by atoms with van der Waals surface area (Å²) in [5, 5.41) is 0. The van der Waals surface area contributed by atoms with Crippen LogP contribution in [0.15, 0.2) is 22.7 Å². The maximum absolute atomic E-state index is 11.3. The second-order valence-electron chi connectivity index (χ2n) is 4.53. The van der Waals surface area contributed by atoms with Crippen LogP contribution in [-0.2, 0) is 5.41 Å². The van der Waals surface area contributed by atoms with Gasteiger partial charge in [-0.25, -0.2) is 0 Å². The van der Waals surface area contributed by atoms with Crippen LogP contribution in [0.3, 0.4) is 0 Å². The van der Waals surface area contributed by atoms with Crippen molar-refractivity contribution < 1.29 is 4.79 Å². The van der Waals surface area contributed by atoms with Crippen molar-refractivity contribution in [3.8, 4) is 0 Å². The molecule has 0 amide bonds. The summed E-state index contributed by atoms with van der Waals surface area (Å²) in [5.41, 5.74) is 2.02. The maximum Gasteiger partial charge on any atom is 0.159 e. The molecule has 0 aliphatic carbocycles. The molecule has 2 heteroatoms. The smallest absolute Gasteiger partial charge is 0.159 e. The molecule has 0 atom stereocenters. The molecule has 0 fully saturated rings. The Hall–Kier alpha value is -0.630. The standard InChI is InChI=1S/C12H15BrO/c1-8(14)9-5-10(12(2,3)4)7-11(13)6-9/h5-7H,1-4H3. The summed E-state index contributed by atoms with van der Waals surface area (Å²) < 4.78 is 0.968. The zero-order valence-corrected chi connectivity index (χ0v) is 10.6. The Morgan fingerprint density at radius 3 is 2.21 bits per heavy atom. The van der Waals surface area contributed by atoms with Crippen molar-refractivity contribution in [3.05, 3.63) is 33.8 Å². The van der Waals surface area contributed by atoms with Gasteiger partial charge in [0, 0.05) is 10.0 Å². The summed E-state index contributed by atoms with van der Waals surface area (Å²) in [7, 11) is 0. The topological polar surface area (TPSA) is 17.1 Å². The van der Waals surface area contributed by atoms with E-state index in [4.69, 9.17) is 0 Å². The molecule has 0 aliphatic rings. The van der Waals surface area contributed by atoms with E-state index in [9.17, 15) is 4.79 Å². The van der Waals surface area contributed by atoms with Crippen LogP contribution in [0, 0.1) is 0 Å². The van der Waals surface area contributed by atoms with E-state index in [1.807, 2.05) is 12.1 Å². The molecule has 0 radical (unpaired) electrons. The van der Waals surface area contributed by atoms with Gasteiger partial charge in [-0.05, 0) is 36.1 Å². The third-order valence-corrected chi connectivity index (χ3v) is 2.63. The molecule has 0 saturated carbocycles. The van der Waals surface area contributed by atoms with Crippen LogP contribution in [0.2, 0.25) is 0 Å². The average molecular weight is 255 g/mol. The Morgan fingerprint density at radius 2 is 1.79 bits per heavy atom. The molecular weight excluding hydrogens is 240 g/mol. The van der Waals surface area contributed by atoms with E-state index in [1.165, 1.54) is 5.56 Å². The second-order valence-corrected chi connectivity index (χ2v) is 5.45. The van der Waals surface area contributed by atoms with E-state index in [2.05, 4.69) is 42.8 Å². The average Bonchev–Trinajstić information content (AvgIpc) is 2.01. The molecule has 14 heavy (non-hydrogen) atoms. The minimum Gasteiger partial charge on any atom is -0.295 e. The molecule has 1 rings (SSSR count). The highest BCUT2D eigenvalue weighted by molar-refractivity contribution is 9.10. The van der Waals surface area contributed by atoms with E-state index >= 15 is 0 Å². The lowest BCUT2D eigenvalue weighted by Gasteiger charge is -2.20. The van der Waals surface area contributed by atoms with Crippen molar-refractivity contribution in [1.29, 1.82) is 0 Å². The molecule has 1 aromatic rings. The summed E-state index contributed by atoms with van der Waals surface area (Å²) in [5.74, 6) is 0.108. The molecule has 0 N–H and O–H groups in total. The van der Waals surface area contributed by atoms with Crippen molar-refractivity contribution in [2.75, 3.05) is 0 Å². The summed E-state index contributed by atoms with van der Waals surface area (Å²) in [4.78, 5) is 11.3. The molecule has 1 aromatic carbocycles. The number of benzene rings is 1. The van der Waals surface area contributed by atoms with Gasteiger partial charge >= 0.3 is 0 Å². The highest BCUT2D eigenvalue weighted by atomic mass is 79.9. The number of carbonyl (C=O) groups excluding carboxylic acids is 1. The summed E-state index contributed by atoms with van der Waals surface area (Å²) in [6, 6.07) is 5.89. The van der Waals surface area contributed by atoms with Gasteiger partial charge in [0.25, 0.3) is 0 Å². The Morgan fingerprint density at radius 1 is 1.21 bits per heavy atom. The molecule has 0 unspecified atom stereocenters. The van der Waals surface area contributed by atoms with E-state index < -0.39 is 0 Å². The van der Waals surface area contributed by atoms with Gasteiger partial charge in [-0.15, -0.1) is 0 Å². The predicted molar refractivity (Wildman–Crippen MR) is 62.8 cm³/mol. The highest BCUT2D eigenvalue weighted by Gasteiger charge is 2.15. The summed E-state index contributed by atoms with van der Waals surface area (Å²) >= 11 is 3.42. The first kappa shape index (κ1) is 11.4. The maximum atomic E-state index is 11.3. The van der Waals surface area contributed by atoms with Crippen molar-refractivity contribution in [2.45, 2.75) is 33.1 Å². The van der Waals surface area contributed by atoms with Crippen molar-refractivity contribution in [3.63, 3.8) is 0 Å². The van der Waals surface area contributed by atoms with Crippen LogP contribution >= 0.6 is 15.9 Å². The first-order valence-corrected chi connectivity index (χ1v) is 5.42. The number of halogens is 1. The number of hydrogen-bond donors (Lipinski definition) is 0. The van der Waals surface area contributed by atoms with Gasteiger partial charge in [0.15, 0.2) is 5.78 Å². The van der Waals surface area contributed by atoms with Crippen molar-refractivity contribution in [1.82, 2.24) is 0 Å². The third-order valence-electron chi connectivity index (χ3n) is 2.17. The van der Waals surface area contributed by atoms with Gasteiger partial charge in [0.2, 0.25) is 0 Å². The molecule has 0 spiro atoms. The number of carbonyl (C=O) groups is 1. The van der Waals surface area contributed by atoms with Crippen molar-refractivity contribution >= 4 is 21.7 Å². The molecular formula is C12H15BrO. The zero-order chi connectivity index (χ0) is 10.9. The predicted octanol–water partition coefficient (Wildman–Crippen LogP) is 3.95. The van der Waals surface area contributed by atoms with Crippen molar-refractivity contribution in [2.24, 2.45) is 0 Å². The Balaban J connectivity index is 3.28. The number of Topliss-reactive ketones (excluding diaryl/α,β-unsaturated/α-hetero) is 1. The van der Waals surface area contributed by atoms with Crippen LogP contribution < -0.4 is 0 Å². The fraction of sp³-hybridized carbons (Fsp3) is 0.417. The molecule has 1 nitrogen and oxygen atoms in total. The minimum atomic E-state index is 0.0774. The van der Waals surface area contributed by atoms with Gasteiger partial charge < -0.3 is 0 Å². The second kappa shape index (κ2) is 3.85. The van der Waals surface area contributed by atoms with Crippen LogP contribution in [0.5, 0.6) is 0 Å². The van der Waals surface area contributed by atoms with Gasteiger partial charge in [0.05, 0.1) is 0 Å². The zero-order valence-electron chi connectivity index (χ0n) is 9.02. The highest BCUT2D eigenvalue weighted by Crippen LogP contribution is 2.26. The lowest BCUT2D eigenvalue weighted by molar-refractivity contribution is 0.101. The minimum absolute atomic E-state index is 0.0774. The first-order valence-electron chi connectivity index (χ1n) is 4.63. The van der Waals surface area contributed by atoms with E-state index in [0.717, 1.165) is 10.0 Å². The molecule has 76 valence electrons. The summed E-state index contributed by atoms with van der Waals surface area (Å²) in [6.07, 6.45) is 0. The van der Waals surface area contributed by atoms with E-state index in [0.29, 0.717) is 0 Å². The number of ketones is 1. The largest absolute Gasteiger partial charge is 0.295 e. The fourth-order valence-electron chi connectivity index (χ4n) is 1.23. The molecule has 0 aromatic heterocycles. The monoisotopic (exact) mass is 254 g/mol. The fourth-order valence-corrected chi connectivity index (χ4v) is 1.72. The normalized spacial score (nSPS) is 11.5. The molecule has 0 aliphatic heterocycles. The molecule has 0 heterocycles. The number of rotatable bonds is 1. The third kappa shape index (κ3) is 2.68. The number of hydrogen-bond acceptors (Lipinski definition) is 1. The van der Waals surface area contributed by atoms with Crippen LogP contribution in [-0.4, -0.2) is 5.78 Å². The summed E-state index contributed by atoms with van der Waals surface area (Å²) in [6.45, 7) is 8.00. The Kier molecular flexibility index (Phi) is 3.15. The van der Waals surface area contributed by atoms with Gasteiger partial charge in [-0.2, -0.15) is 0 Å². The molecule has 0 saturated heterocycles. The van der Waals surface area contributed by atoms with E-state index in [-0.39, 0.29) is 11.2 Å². The Labute approximate surface area is 93.7 Å². The van der Waals surface area contributed by atoms with Gasteiger partial charge in [-0.1, -0.05) is 36.7 Å². The van der Waals surface area contributed by atoms with Crippen LogP contribution in [0.25, 0.3) is 0 Å². The van der Waals surface area contributed by atoms with E-state index in [1.54, 1.807) is 6.92 Å². The lowest BCUT2D eigenvalue weighted by atomic mass is 9.86. The lowest BCUT2D eigenvalue weighted by Crippen LogP contribution is -2.12. The quantitative estimate of drug-likeness (QED) is 0.694. The van der Waals surface area contributed by atoms with Crippen LogP contribution in [0.1, 0.15) is 43.6 Å². The van der Waals surface area contributed by atoms with Crippen LogP contribution in [0.4, 0.5) is 0 Å².